The van der Waals surface area contributed by atoms with E-state index in [9.17, 15) is 4.79 Å². The van der Waals surface area contributed by atoms with Crippen LogP contribution >= 0.6 is 12.2 Å². The van der Waals surface area contributed by atoms with Crippen LogP contribution in [0.4, 0.5) is 0 Å². The van der Waals surface area contributed by atoms with E-state index in [1.165, 1.54) is 0 Å². The first-order valence-corrected chi connectivity index (χ1v) is 6.18. The van der Waals surface area contributed by atoms with Crippen LogP contribution in [-0.4, -0.2) is 29.6 Å². The van der Waals surface area contributed by atoms with E-state index in [-0.39, 0.29) is 29.0 Å². The highest BCUT2D eigenvalue weighted by atomic mass is 32.1. The number of thiocarbonyl (C=S) groups is 1. The Kier molecular flexibility index (Phi) is 5.15. The van der Waals surface area contributed by atoms with Crippen molar-refractivity contribution in [2.45, 2.75) is 45.3 Å². The molecule has 0 spiro atoms. The third kappa shape index (κ3) is 3.42. The molecule has 0 saturated carbocycles. The van der Waals surface area contributed by atoms with Crippen LogP contribution in [0.2, 0.25) is 0 Å². The van der Waals surface area contributed by atoms with Crippen molar-refractivity contribution in [2.75, 3.05) is 6.61 Å². The standard InChI is InChI=1S/C11H20N2O2S/c1-3-4-8(10(12)16)11(14)13-9-5-6-15-7(9)2/h7-9H,3-6H2,1-2H3,(H2,12,16)(H,13,14). The third-order valence-electron chi connectivity index (χ3n) is 2.94. The lowest BCUT2D eigenvalue weighted by atomic mass is 10.0. The summed E-state index contributed by atoms with van der Waals surface area (Å²) in [7, 11) is 0. The molecule has 3 N–H and O–H groups in total. The van der Waals surface area contributed by atoms with E-state index in [0.29, 0.717) is 13.0 Å². The molecule has 0 aliphatic carbocycles. The number of hydrogen-bond donors (Lipinski definition) is 2. The maximum absolute atomic E-state index is 11.9. The molecule has 5 heteroatoms. The molecule has 1 aliphatic heterocycles. The molecule has 16 heavy (non-hydrogen) atoms. The summed E-state index contributed by atoms with van der Waals surface area (Å²) in [5, 5.41) is 2.96. The maximum atomic E-state index is 11.9. The minimum atomic E-state index is -0.340. The highest BCUT2D eigenvalue weighted by Crippen LogP contribution is 2.14. The Hall–Kier alpha value is -0.680. The molecular formula is C11H20N2O2S. The summed E-state index contributed by atoms with van der Waals surface area (Å²) in [6, 6.07) is 0.0983. The van der Waals surface area contributed by atoms with Crippen LogP contribution in [0, 0.1) is 5.92 Å². The van der Waals surface area contributed by atoms with Crippen LogP contribution in [0.5, 0.6) is 0 Å². The minimum Gasteiger partial charge on any atom is -0.393 e. The molecular weight excluding hydrogens is 224 g/mol. The fraction of sp³-hybridized carbons (Fsp3) is 0.818. The second-order valence-corrected chi connectivity index (χ2v) is 4.69. The number of carbonyl (C=O) groups is 1. The first kappa shape index (κ1) is 13.4. The van der Waals surface area contributed by atoms with Gasteiger partial charge in [0.15, 0.2) is 0 Å². The van der Waals surface area contributed by atoms with Gasteiger partial charge in [0.2, 0.25) is 5.91 Å². The zero-order valence-electron chi connectivity index (χ0n) is 9.86. The van der Waals surface area contributed by atoms with E-state index in [0.717, 1.165) is 12.8 Å². The average molecular weight is 244 g/mol. The van der Waals surface area contributed by atoms with Crippen LogP contribution in [0.1, 0.15) is 33.1 Å². The Balaban J connectivity index is 2.51. The lowest BCUT2D eigenvalue weighted by Crippen LogP contribution is -2.45. The van der Waals surface area contributed by atoms with E-state index in [4.69, 9.17) is 22.7 Å². The van der Waals surface area contributed by atoms with Crippen LogP contribution < -0.4 is 11.1 Å². The Bertz CT molecular complexity index is 271. The van der Waals surface area contributed by atoms with Crippen LogP contribution in [0.3, 0.4) is 0 Å². The summed E-state index contributed by atoms with van der Waals surface area (Å²) in [5.74, 6) is -0.399. The monoisotopic (exact) mass is 244 g/mol. The van der Waals surface area contributed by atoms with E-state index in [1.807, 2.05) is 13.8 Å². The van der Waals surface area contributed by atoms with Gasteiger partial charge in [0.1, 0.15) is 0 Å². The Labute approximate surface area is 102 Å². The highest BCUT2D eigenvalue weighted by Gasteiger charge is 2.29. The van der Waals surface area contributed by atoms with Gasteiger partial charge in [-0.25, -0.2) is 0 Å². The normalized spacial score (nSPS) is 26.4. The molecule has 1 rings (SSSR count). The van der Waals surface area contributed by atoms with Gasteiger partial charge in [0.25, 0.3) is 0 Å². The smallest absolute Gasteiger partial charge is 0.230 e. The molecule has 0 aromatic rings. The molecule has 1 amide bonds. The predicted octanol–water partition coefficient (Wildman–Crippen LogP) is 0.982. The zero-order chi connectivity index (χ0) is 12.1. The van der Waals surface area contributed by atoms with Crippen LogP contribution in [-0.2, 0) is 9.53 Å². The van der Waals surface area contributed by atoms with Crippen molar-refractivity contribution in [3.63, 3.8) is 0 Å². The number of rotatable bonds is 5. The van der Waals surface area contributed by atoms with E-state index < -0.39 is 0 Å². The Morgan fingerprint density at radius 1 is 1.69 bits per heavy atom. The van der Waals surface area contributed by atoms with E-state index in [1.54, 1.807) is 0 Å². The van der Waals surface area contributed by atoms with Crippen LogP contribution in [0.15, 0.2) is 0 Å². The van der Waals surface area contributed by atoms with Gasteiger partial charge < -0.3 is 15.8 Å². The SMILES string of the molecule is CCCC(C(=O)NC1CCOC1C)C(N)=S. The number of ether oxygens (including phenoxy) is 1. The molecule has 3 unspecified atom stereocenters. The predicted molar refractivity (Wildman–Crippen MR) is 67.1 cm³/mol. The number of nitrogens with two attached hydrogens (primary N) is 1. The molecule has 0 radical (unpaired) electrons. The molecule has 1 heterocycles. The summed E-state index contributed by atoms with van der Waals surface area (Å²) in [6.07, 6.45) is 2.55. The first-order valence-electron chi connectivity index (χ1n) is 5.77. The molecule has 1 saturated heterocycles. The average Bonchev–Trinajstić information content (AvgIpc) is 2.60. The van der Waals surface area contributed by atoms with Crippen LogP contribution in [0.25, 0.3) is 0 Å². The van der Waals surface area contributed by atoms with Gasteiger partial charge in [-0.15, -0.1) is 0 Å². The summed E-state index contributed by atoms with van der Waals surface area (Å²) in [4.78, 5) is 12.2. The Morgan fingerprint density at radius 2 is 2.38 bits per heavy atom. The minimum absolute atomic E-state index is 0.0586. The molecule has 4 nitrogen and oxygen atoms in total. The largest absolute Gasteiger partial charge is 0.393 e. The number of carbonyl (C=O) groups excluding carboxylic acids is 1. The summed E-state index contributed by atoms with van der Waals surface area (Å²) >= 11 is 4.91. The number of nitrogens with one attached hydrogen (secondary N) is 1. The van der Waals surface area contributed by atoms with Crippen molar-refractivity contribution < 1.29 is 9.53 Å². The van der Waals surface area contributed by atoms with Gasteiger partial charge >= 0.3 is 0 Å². The number of amides is 1. The second-order valence-electron chi connectivity index (χ2n) is 4.22. The van der Waals surface area contributed by atoms with Crippen molar-refractivity contribution in [3.05, 3.63) is 0 Å². The topological polar surface area (TPSA) is 64.3 Å². The van der Waals surface area contributed by atoms with Crippen molar-refractivity contribution in [1.29, 1.82) is 0 Å². The molecule has 1 fully saturated rings. The lowest BCUT2D eigenvalue weighted by molar-refractivity contribution is -0.124. The van der Waals surface area contributed by atoms with Gasteiger partial charge in [-0.3, -0.25) is 4.79 Å². The maximum Gasteiger partial charge on any atom is 0.230 e. The van der Waals surface area contributed by atoms with Crippen molar-refractivity contribution in [2.24, 2.45) is 11.7 Å². The lowest BCUT2D eigenvalue weighted by Gasteiger charge is -2.20. The van der Waals surface area contributed by atoms with Gasteiger partial charge in [-0.2, -0.15) is 0 Å². The molecule has 3 atom stereocenters. The summed E-state index contributed by atoms with van der Waals surface area (Å²) in [5.41, 5.74) is 5.57. The highest BCUT2D eigenvalue weighted by molar-refractivity contribution is 7.80. The second kappa shape index (κ2) is 6.15. The van der Waals surface area contributed by atoms with Gasteiger partial charge in [-0.1, -0.05) is 25.6 Å². The van der Waals surface area contributed by atoms with Gasteiger partial charge in [0, 0.05) is 6.61 Å². The number of hydrogen-bond acceptors (Lipinski definition) is 3. The van der Waals surface area contributed by atoms with E-state index >= 15 is 0 Å². The molecule has 92 valence electrons. The van der Waals surface area contributed by atoms with Crippen molar-refractivity contribution >= 4 is 23.1 Å². The molecule has 1 aliphatic rings. The zero-order valence-corrected chi connectivity index (χ0v) is 10.7. The third-order valence-corrected chi connectivity index (χ3v) is 3.23. The van der Waals surface area contributed by atoms with E-state index in [2.05, 4.69) is 5.32 Å². The molecule has 0 aromatic heterocycles. The summed E-state index contributed by atoms with van der Waals surface area (Å²) < 4.78 is 5.39. The van der Waals surface area contributed by atoms with Gasteiger partial charge in [-0.05, 0) is 19.8 Å². The summed E-state index contributed by atoms with van der Waals surface area (Å²) in [6.45, 7) is 4.69. The Morgan fingerprint density at radius 3 is 2.81 bits per heavy atom. The fourth-order valence-electron chi connectivity index (χ4n) is 1.90. The van der Waals surface area contributed by atoms with Gasteiger partial charge in [0.05, 0.1) is 23.1 Å². The first-order chi connectivity index (χ1) is 7.56. The molecule has 0 aromatic carbocycles. The molecule has 0 bridgehead atoms. The quantitative estimate of drug-likeness (QED) is 0.708. The van der Waals surface area contributed by atoms with Crippen molar-refractivity contribution in [3.8, 4) is 0 Å². The fourth-order valence-corrected chi connectivity index (χ4v) is 2.12. The van der Waals surface area contributed by atoms with Crippen molar-refractivity contribution in [1.82, 2.24) is 5.32 Å².